The molecule has 28 heavy (non-hydrogen) atoms. The molecule has 0 aliphatic rings. The molecule has 1 atom stereocenters. The molecule has 4 rings (SSSR count). The molecule has 0 aliphatic heterocycles. The maximum Gasteiger partial charge on any atom is 0.161 e. The highest BCUT2D eigenvalue weighted by atomic mass is 79.9. The first-order valence-corrected chi connectivity index (χ1v) is 10.7. The van der Waals surface area contributed by atoms with Gasteiger partial charge >= 0.3 is 0 Å². The summed E-state index contributed by atoms with van der Waals surface area (Å²) in [6.45, 7) is 0. The van der Waals surface area contributed by atoms with Crippen molar-refractivity contribution in [2.24, 2.45) is 0 Å². The Labute approximate surface area is 181 Å². The lowest BCUT2D eigenvalue weighted by molar-refractivity contribution is 0.461. The number of hydrogen-bond acceptors (Lipinski definition) is 2. The van der Waals surface area contributed by atoms with Crippen molar-refractivity contribution in [3.8, 4) is 17.0 Å². The van der Waals surface area contributed by atoms with E-state index in [1.54, 1.807) is 36.4 Å². The number of hydrogen-bond donors (Lipinski definition) is 1. The maximum absolute atomic E-state index is 13.8. The van der Waals surface area contributed by atoms with E-state index in [1.807, 2.05) is 0 Å². The Kier molecular flexibility index (Phi) is 5.22. The van der Waals surface area contributed by atoms with Crippen LogP contribution >= 0.6 is 39.1 Å². The van der Waals surface area contributed by atoms with Crippen LogP contribution in [0.5, 0.6) is 5.75 Å². The summed E-state index contributed by atoms with van der Waals surface area (Å²) in [4.78, 5) is 0.129. The first-order valence-electron chi connectivity index (χ1n) is 8.02. The van der Waals surface area contributed by atoms with Crippen molar-refractivity contribution in [1.82, 2.24) is 3.97 Å². The van der Waals surface area contributed by atoms with Crippen LogP contribution in [0.4, 0.5) is 4.39 Å². The van der Waals surface area contributed by atoms with E-state index in [-0.39, 0.29) is 15.7 Å². The first kappa shape index (κ1) is 19.5. The van der Waals surface area contributed by atoms with Crippen molar-refractivity contribution >= 4 is 61.0 Å². The molecule has 1 unspecified atom stereocenters. The minimum Gasteiger partial charge on any atom is -0.505 e. The van der Waals surface area contributed by atoms with Gasteiger partial charge in [-0.15, -0.1) is 0 Å². The summed E-state index contributed by atoms with van der Waals surface area (Å²) in [7, 11) is -1.86. The Morgan fingerprint density at radius 3 is 2.57 bits per heavy atom. The van der Waals surface area contributed by atoms with Crippen molar-refractivity contribution in [3.05, 3.63) is 81.0 Å². The van der Waals surface area contributed by atoms with E-state index in [1.165, 1.54) is 28.2 Å². The number of halogens is 4. The van der Waals surface area contributed by atoms with E-state index in [9.17, 15) is 13.7 Å². The summed E-state index contributed by atoms with van der Waals surface area (Å²) in [5, 5.41) is 11.7. The Hall–Kier alpha value is -1.86. The maximum atomic E-state index is 13.8. The highest BCUT2D eigenvalue weighted by Crippen LogP contribution is 2.37. The molecule has 0 saturated heterocycles. The summed E-state index contributed by atoms with van der Waals surface area (Å²) in [6, 6.07) is 16.0. The van der Waals surface area contributed by atoms with E-state index >= 15 is 0 Å². The zero-order valence-corrected chi connectivity index (χ0v) is 17.9. The van der Waals surface area contributed by atoms with Gasteiger partial charge in [0, 0.05) is 20.4 Å². The van der Waals surface area contributed by atoms with Gasteiger partial charge in [-0.05, 0) is 48.5 Å². The number of rotatable bonds is 3. The molecular formula is C20H11BrCl2FNO2S. The minimum absolute atomic E-state index is 0.0736. The van der Waals surface area contributed by atoms with Crippen molar-refractivity contribution in [2.45, 2.75) is 4.90 Å². The summed E-state index contributed by atoms with van der Waals surface area (Å²) >= 11 is 15.5. The molecule has 4 aromatic rings. The zero-order valence-electron chi connectivity index (χ0n) is 14.0. The summed E-state index contributed by atoms with van der Waals surface area (Å²) < 4.78 is 29.4. The number of phenolic OH excluding ortho intramolecular Hbond substituents is 1. The molecule has 8 heteroatoms. The zero-order chi connectivity index (χ0) is 20.0. The van der Waals surface area contributed by atoms with E-state index in [2.05, 4.69) is 15.9 Å². The Bertz CT molecular complexity index is 1260. The van der Waals surface area contributed by atoms with E-state index in [0.29, 0.717) is 26.3 Å². The number of aromatic hydroxyl groups is 1. The molecule has 3 aromatic carbocycles. The molecule has 0 saturated carbocycles. The normalized spacial score (nSPS) is 12.4. The Morgan fingerprint density at radius 2 is 1.82 bits per heavy atom. The second-order valence-corrected chi connectivity index (χ2v) is 9.08. The van der Waals surface area contributed by atoms with Crippen LogP contribution in [0.3, 0.4) is 0 Å². The number of aromatic nitrogens is 1. The highest BCUT2D eigenvalue weighted by Gasteiger charge is 2.21. The second-order valence-electron chi connectivity index (χ2n) is 6.02. The van der Waals surface area contributed by atoms with Gasteiger partial charge in [0.05, 0.1) is 16.2 Å². The van der Waals surface area contributed by atoms with Crippen LogP contribution in [0.25, 0.3) is 22.2 Å². The third kappa shape index (κ3) is 3.46. The van der Waals surface area contributed by atoms with Gasteiger partial charge < -0.3 is 5.11 Å². The average Bonchev–Trinajstić information content (AvgIpc) is 3.02. The van der Waals surface area contributed by atoms with Crippen molar-refractivity contribution < 1.29 is 13.7 Å². The van der Waals surface area contributed by atoms with Crippen LogP contribution in [-0.2, 0) is 11.0 Å². The Balaban J connectivity index is 2.03. The van der Waals surface area contributed by atoms with Crippen LogP contribution in [0.1, 0.15) is 0 Å². The number of nitrogens with zero attached hydrogens (tertiary/aromatic N) is 1. The van der Waals surface area contributed by atoms with E-state index in [0.717, 1.165) is 5.39 Å². The average molecular weight is 499 g/mol. The van der Waals surface area contributed by atoms with Crippen molar-refractivity contribution in [2.75, 3.05) is 0 Å². The van der Waals surface area contributed by atoms with Gasteiger partial charge in [-0.25, -0.2) is 8.60 Å². The van der Waals surface area contributed by atoms with Crippen molar-refractivity contribution in [1.29, 1.82) is 0 Å². The predicted octanol–water partition coefficient (Wildman–Crippen LogP) is 6.79. The second kappa shape index (κ2) is 7.52. The van der Waals surface area contributed by atoms with E-state index in [4.69, 9.17) is 23.2 Å². The van der Waals surface area contributed by atoms with Gasteiger partial charge in [-0.2, -0.15) is 0 Å². The SMILES string of the molecule is O=S(c1cc(Br)cc(Cl)c1O)n1c(-c2cccc(F)c2)cc2cc(Cl)ccc21. The standard InChI is InChI=1S/C20H11BrCl2FNO2S/c21-13-9-16(23)20(26)19(10-13)28(27)25-17-5-4-14(22)6-12(17)8-18(25)11-2-1-3-15(24)7-11/h1-10,26H. The number of fused-ring (bicyclic) bond motifs is 1. The van der Waals surface area contributed by atoms with Crippen LogP contribution < -0.4 is 0 Å². The molecule has 142 valence electrons. The number of benzene rings is 3. The molecular weight excluding hydrogens is 488 g/mol. The topological polar surface area (TPSA) is 42.2 Å². The molecule has 0 aliphatic carbocycles. The fourth-order valence-corrected chi connectivity index (χ4v) is 5.54. The molecule has 1 aromatic heterocycles. The van der Waals surface area contributed by atoms with Crippen LogP contribution in [-0.4, -0.2) is 13.3 Å². The van der Waals surface area contributed by atoms with Gasteiger partial charge in [0.2, 0.25) is 0 Å². The lowest BCUT2D eigenvalue weighted by atomic mass is 10.1. The summed E-state index contributed by atoms with van der Waals surface area (Å²) in [6.07, 6.45) is 0. The highest BCUT2D eigenvalue weighted by molar-refractivity contribution is 9.10. The quantitative estimate of drug-likeness (QED) is 0.337. The van der Waals surface area contributed by atoms with Crippen LogP contribution in [0.2, 0.25) is 10.0 Å². The smallest absolute Gasteiger partial charge is 0.161 e. The summed E-state index contributed by atoms with van der Waals surface area (Å²) in [5.41, 5.74) is 1.68. The van der Waals surface area contributed by atoms with E-state index < -0.39 is 16.8 Å². The monoisotopic (exact) mass is 497 g/mol. The molecule has 0 bridgehead atoms. The third-order valence-electron chi connectivity index (χ3n) is 4.19. The van der Waals surface area contributed by atoms with Gasteiger partial charge in [-0.3, -0.25) is 3.97 Å². The molecule has 1 heterocycles. The largest absolute Gasteiger partial charge is 0.505 e. The van der Waals surface area contributed by atoms with Gasteiger partial charge in [0.25, 0.3) is 0 Å². The lowest BCUT2D eigenvalue weighted by Crippen LogP contribution is -2.07. The molecule has 3 nitrogen and oxygen atoms in total. The molecule has 0 radical (unpaired) electrons. The molecule has 0 fully saturated rings. The third-order valence-corrected chi connectivity index (χ3v) is 6.58. The van der Waals surface area contributed by atoms with Crippen LogP contribution in [0.15, 0.2) is 70.0 Å². The summed E-state index contributed by atoms with van der Waals surface area (Å²) in [5.74, 6) is -0.685. The fourth-order valence-electron chi connectivity index (χ4n) is 2.96. The van der Waals surface area contributed by atoms with Gasteiger partial charge in [-0.1, -0.05) is 51.3 Å². The van der Waals surface area contributed by atoms with Crippen LogP contribution in [0, 0.1) is 5.82 Å². The fraction of sp³-hybridized carbons (Fsp3) is 0. The van der Waals surface area contributed by atoms with Gasteiger partial charge in [0.15, 0.2) is 16.7 Å². The Morgan fingerprint density at radius 1 is 1.04 bits per heavy atom. The molecule has 1 N–H and O–H groups in total. The first-order chi connectivity index (χ1) is 13.3. The molecule has 0 spiro atoms. The lowest BCUT2D eigenvalue weighted by Gasteiger charge is -2.13. The molecule has 0 amide bonds. The minimum atomic E-state index is -1.86. The van der Waals surface area contributed by atoms with Crippen molar-refractivity contribution in [3.63, 3.8) is 0 Å². The number of phenols is 1. The predicted molar refractivity (Wildman–Crippen MR) is 115 cm³/mol. The van der Waals surface area contributed by atoms with Gasteiger partial charge in [0.1, 0.15) is 10.7 Å².